The molecule has 1 heterocycles. The molecule has 5 nitrogen and oxygen atoms in total. The van der Waals surface area contributed by atoms with Gasteiger partial charge >= 0.3 is 0 Å². The Morgan fingerprint density at radius 1 is 1.41 bits per heavy atom. The number of halogens is 1. The highest BCUT2D eigenvalue weighted by Gasteiger charge is 2.23. The minimum Gasteiger partial charge on any atom is -0.248 e. The largest absolute Gasteiger partial charge is 0.281 e. The number of aromatic nitrogens is 1. The van der Waals surface area contributed by atoms with E-state index in [1.807, 2.05) is 5.38 Å². The minimum absolute atomic E-state index is 0.289. The van der Waals surface area contributed by atoms with Crippen LogP contribution < -0.4 is 0 Å². The lowest BCUT2D eigenvalue weighted by atomic mass is 10.5. The molecule has 0 saturated carbocycles. The van der Waals surface area contributed by atoms with E-state index < -0.39 is 10.2 Å². The first-order chi connectivity index (χ1) is 7.98. The van der Waals surface area contributed by atoms with Crippen molar-refractivity contribution in [3.05, 3.63) is 16.6 Å². The van der Waals surface area contributed by atoms with Crippen LogP contribution in [-0.2, 0) is 16.8 Å². The summed E-state index contributed by atoms with van der Waals surface area (Å²) in [6.45, 7) is 0.713. The van der Waals surface area contributed by atoms with Gasteiger partial charge in [0.1, 0.15) is 0 Å². The van der Waals surface area contributed by atoms with Gasteiger partial charge in [0.05, 0.1) is 17.7 Å². The SMILES string of the molecule is CN(CCCCl)S(=O)(=O)N(C)Cc1cscn1. The van der Waals surface area contributed by atoms with Gasteiger partial charge < -0.3 is 0 Å². The molecule has 0 N–H and O–H groups in total. The first-order valence-electron chi connectivity index (χ1n) is 5.09. The first kappa shape index (κ1) is 14.8. The lowest BCUT2D eigenvalue weighted by molar-refractivity contribution is 0.387. The van der Waals surface area contributed by atoms with Crippen LogP contribution in [0.25, 0.3) is 0 Å². The molecule has 0 atom stereocenters. The Labute approximate surface area is 111 Å². The molecule has 0 aliphatic carbocycles. The molecular formula is C9H16ClN3O2S2. The third kappa shape index (κ3) is 4.18. The molecule has 98 valence electrons. The molecule has 0 unspecified atom stereocenters. The van der Waals surface area contributed by atoms with Crippen molar-refractivity contribution in [2.24, 2.45) is 0 Å². The summed E-state index contributed by atoms with van der Waals surface area (Å²) in [7, 11) is -0.312. The van der Waals surface area contributed by atoms with Crippen molar-refractivity contribution in [3.8, 4) is 0 Å². The highest BCUT2D eigenvalue weighted by atomic mass is 35.5. The van der Waals surface area contributed by atoms with Crippen molar-refractivity contribution < 1.29 is 8.42 Å². The third-order valence-electron chi connectivity index (χ3n) is 2.26. The van der Waals surface area contributed by atoms with Crippen molar-refractivity contribution in [2.75, 3.05) is 26.5 Å². The van der Waals surface area contributed by atoms with Crippen molar-refractivity contribution in [3.63, 3.8) is 0 Å². The standard InChI is InChI=1S/C9H16ClN3O2S2/c1-12(5-3-4-10)17(14,15)13(2)6-9-7-16-8-11-9/h7-8H,3-6H2,1-2H3. The van der Waals surface area contributed by atoms with Gasteiger partial charge in [-0.1, -0.05) is 0 Å². The van der Waals surface area contributed by atoms with Crippen LogP contribution in [0.1, 0.15) is 12.1 Å². The number of thiazole rings is 1. The van der Waals surface area contributed by atoms with Crippen LogP contribution >= 0.6 is 22.9 Å². The predicted octanol–water partition coefficient (Wildman–Crippen LogP) is 1.38. The van der Waals surface area contributed by atoms with Gasteiger partial charge in [0.25, 0.3) is 10.2 Å². The Kier molecular flexibility index (Phi) is 5.81. The maximum absolute atomic E-state index is 12.0. The second kappa shape index (κ2) is 6.65. The topological polar surface area (TPSA) is 53.5 Å². The zero-order chi connectivity index (χ0) is 12.9. The van der Waals surface area contributed by atoms with Crippen LogP contribution in [0, 0.1) is 0 Å². The molecule has 0 bridgehead atoms. The van der Waals surface area contributed by atoms with E-state index in [9.17, 15) is 8.42 Å². The molecule has 1 aromatic rings. The van der Waals surface area contributed by atoms with Crippen molar-refractivity contribution >= 4 is 33.1 Å². The molecule has 0 amide bonds. The minimum atomic E-state index is -3.41. The molecule has 8 heteroatoms. The van der Waals surface area contributed by atoms with Crippen molar-refractivity contribution in [1.82, 2.24) is 13.6 Å². The number of alkyl halides is 1. The number of rotatable bonds is 7. The Hall–Kier alpha value is -0.210. The summed E-state index contributed by atoms with van der Waals surface area (Å²) >= 11 is 7.00. The normalized spacial score (nSPS) is 12.5. The van der Waals surface area contributed by atoms with E-state index in [1.54, 1.807) is 19.6 Å². The summed E-state index contributed by atoms with van der Waals surface area (Å²) in [6, 6.07) is 0. The number of nitrogens with zero attached hydrogens (tertiary/aromatic N) is 3. The maximum Gasteiger partial charge on any atom is 0.281 e. The van der Waals surface area contributed by atoms with Crippen molar-refractivity contribution in [1.29, 1.82) is 0 Å². The fourth-order valence-corrected chi connectivity index (χ4v) is 3.06. The molecule has 1 aromatic heterocycles. The molecule has 17 heavy (non-hydrogen) atoms. The van der Waals surface area contributed by atoms with E-state index in [0.717, 1.165) is 5.69 Å². The van der Waals surface area contributed by atoms with Crippen LogP contribution in [0.2, 0.25) is 0 Å². The molecule has 0 radical (unpaired) electrons. The van der Waals surface area contributed by atoms with Gasteiger partial charge in [0.15, 0.2) is 0 Å². The van der Waals surface area contributed by atoms with Gasteiger partial charge in [0, 0.05) is 31.9 Å². The second-order valence-electron chi connectivity index (χ2n) is 3.61. The Bertz CT molecular complexity index is 421. The van der Waals surface area contributed by atoms with Gasteiger partial charge in [-0.2, -0.15) is 17.0 Å². The first-order valence-corrected chi connectivity index (χ1v) is 7.96. The van der Waals surface area contributed by atoms with Gasteiger partial charge in [-0.15, -0.1) is 22.9 Å². The summed E-state index contributed by atoms with van der Waals surface area (Å²) in [5.74, 6) is 0.454. The fourth-order valence-electron chi connectivity index (χ4n) is 1.26. The Balaban J connectivity index is 2.63. The van der Waals surface area contributed by atoms with Crippen LogP contribution in [0.4, 0.5) is 0 Å². The van der Waals surface area contributed by atoms with E-state index in [4.69, 9.17) is 11.6 Å². The molecule has 0 aliphatic rings. The molecule has 0 aromatic carbocycles. The summed E-state index contributed by atoms with van der Waals surface area (Å²) < 4.78 is 26.7. The number of hydrogen-bond donors (Lipinski definition) is 0. The van der Waals surface area contributed by atoms with Gasteiger partial charge in [-0.25, -0.2) is 4.98 Å². The smallest absolute Gasteiger partial charge is 0.248 e. The zero-order valence-electron chi connectivity index (χ0n) is 9.84. The van der Waals surface area contributed by atoms with E-state index in [2.05, 4.69) is 4.98 Å². The third-order valence-corrected chi connectivity index (χ3v) is 5.05. The van der Waals surface area contributed by atoms with E-state index in [1.165, 1.54) is 19.9 Å². The Morgan fingerprint density at radius 3 is 2.65 bits per heavy atom. The molecule has 0 fully saturated rings. The summed E-state index contributed by atoms with van der Waals surface area (Å²) in [6.07, 6.45) is 0.641. The summed E-state index contributed by atoms with van der Waals surface area (Å²) in [5.41, 5.74) is 2.44. The quantitative estimate of drug-likeness (QED) is 0.715. The number of hydrogen-bond acceptors (Lipinski definition) is 4. The highest BCUT2D eigenvalue weighted by molar-refractivity contribution is 7.86. The average molecular weight is 298 g/mol. The lowest BCUT2D eigenvalue weighted by Crippen LogP contribution is -2.39. The molecule has 0 saturated heterocycles. The zero-order valence-corrected chi connectivity index (χ0v) is 12.2. The van der Waals surface area contributed by atoms with Crippen molar-refractivity contribution in [2.45, 2.75) is 13.0 Å². The van der Waals surface area contributed by atoms with Crippen LogP contribution in [-0.4, -0.2) is 48.5 Å². The molecule has 0 aliphatic heterocycles. The fraction of sp³-hybridized carbons (Fsp3) is 0.667. The van der Waals surface area contributed by atoms with E-state index in [0.29, 0.717) is 18.8 Å². The Morgan fingerprint density at radius 2 is 2.12 bits per heavy atom. The lowest BCUT2D eigenvalue weighted by Gasteiger charge is -2.23. The van der Waals surface area contributed by atoms with Crippen LogP contribution in [0.5, 0.6) is 0 Å². The van der Waals surface area contributed by atoms with Gasteiger partial charge in [-0.05, 0) is 6.42 Å². The monoisotopic (exact) mass is 297 g/mol. The average Bonchev–Trinajstić information content (AvgIpc) is 2.78. The highest BCUT2D eigenvalue weighted by Crippen LogP contribution is 2.10. The predicted molar refractivity (Wildman–Crippen MR) is 70.5 cm³/mol. The van der Waals surface area contributed by atoms with E-state index in [-0.39, 0.29) is 6.54 Å². The van der Waals surface area contributed by atoms with Crippen LogP contribution in [0.15, 0.2) is 10.9 Å². The van der Waals surface area contributed by atoms with Gasteiger partial charge in [-0.3, -0.25) is 0 Å². The maximum atomic E-state index is 12.0. The summed E-state index contributed by atoms with van der Waals surface area (Å²) in [4.78, 5) is 4.06. The molecule has 1 rings (SSSR count). The van der Waals surface area contributed by atoms with E-state index >= 15 is 0 Å². The van der Waals surface area contributed by atoms with Gasteiger partial charge in [0.2, 0.25) is 0 Å². The van der Waals surface area contributed by atoms with Crippen LogP contribution in [0.3, 0.4) is 0 Å². The molecular weight excluding hydrogens is 282 g/mol. The molecule has 0 spiro atoms. The summed E-state index contributed by atoms with van der Waals surface area (Å²) in [5, 5.41) is 1.84. The second-order valence-corrected chi connectivity index (χ2v) is 6.85.